The summed E-state index contributed by atoms with van der Waals surface area (Å²) in [6, 6.07) is 2.07. The number of methoxy groups -OCH3 is 1. The van der Waals surface area contributed by atoms with E-state index < -0.39 is 0 Å². The summed E-state index contributed by atoms with van der Waals surface area (Å²) in [4.78, 5) is 12.1. The second-order valence-corrected chi connectivity index (χ2v) is 5.39. The molecular formula is C16H21NO4. The summed E-state index contributed by atoms with van der Waals surface area (Å²) in [6.45, 7) is 2.69. The number of carbonyl (C=O) groups excluding carboxylic acids is 1. The van der Waals surface area contributed by atoms with Crippen LogP contribution in [0.25, 0.3) is 0 Å². The maximum Gasteiger partial charge on any atom is 0.224 e. The summed E-state index contributed by atoms with van der Waals surface area (Å²) in [5.74, 6) is 1.87. The topological polar surface area (TPSA) is 56.8 Å². The van der Waals surface area contributed by atoms with E-state index in [2.05, 4.69) is 11.4 Å². The normalized spacial score (nSPS) is 15.1. The van der Waals surface area contributed by atoms with Gasteiger partial charge in [-0.15, -0.1) is 0 Å². The molecular weight excluding hydrogens is 270 g/mol. The van der Waals surface area contributed by atoms with E-state index in [4.69, 9.17) is 14.2 Å². The fraction of sp³-hybridized carbons (Fsp3) is 0.562. The summed E-state index contributed by atoms with van der Waals surface area (Å²) >= 11 is 0. The Morgan fingerprint density at radius 1 is 1.33 bits per heavy atom. The number of benzene rings is 1. The molecule has 5 nitrogen and oxygen atoms in total. The van der Waals surface area contributed by atoms with Crippen LogP contribution < -0.4 is 14.8 Å². The van der Waals surface area contributed by atoms with Crippen molar-refractivity contribution in [3.63, 3.8) is 0 Å². The Labute approximate surface area is 124 Å². The zero-order valence-corrected chi connectivity index (χ0v) is 12.4. The van der Waals surface area contributed by atoms with Crippen LogP contribution in [0.15, 0.2) is 6.07 Å². The molecule has 0 saturated heterocycles. The molecule has 0 spiro atoms. The standard InChI is InChI=1S/C16H21NO4/c1-19-6-2-5-17-15(18)10-13-12-4-8-20-14(12)9-11-3-7-21-16(11)13/h9H,2-8,10H2,1H3,(H,17,18). The number of nitrogens with one attached hydrogen (secondary N) is 1. The summed E-state index contributed by atoms with van der Waals surface area (Å²) in [7, 11) is 1.66. The fourth-order valence-corrected chi connectivity index (χ4v) is 2.94. The van der Waals surface area contributed by atoms with Crippen molar-refractivity contribution in [1.82, 2.24) is 5.32 Å². The Kier molecular flexibility index (Phi) is 4.29. The molecule has 0 bridgehead atoms. The molecule has 3 rings (SSSR count). The highest BCUT2D eigenvalue weighted by molar-refractivity contribution is 5.80. The van der Waals surface area contributed by atoms with Crippen molar-refractivity contribution >= 4 is 5.91 Å². The molecule has 2 heterocycles. The average molecular weight is 291 g/mol. The van der Waals surface area contributed by atoms with Crippen LogP contribution in [0.4, 0.5) is 0 Å². The highest BCUT2D eigenvalue weighted by Gasteiger charge is 2.27. The van der Waals surface area contributed by atoms with Crippen molar-refractivity contribution < 1.29 is 19.0 Å². The predicted molar refractivity (Wildman–Crippen MR) is 78.0 cm³/mol. The van der Waals surface area contributed by atoms with E-state index in [0.29, 0.717) is 32.8 Å². The molecule has 2 aliphatic heterocycles. The van der Waals surface area contributed by atoms with E-state index in [0.717, 1.165) is 47.5 Å². The van der Waals surface area contributed by atoms with Crippen LogP contribution in [0, 0.1) is 0 Å². The SMILES string of the molecule is COCCCNC(=O)Cc1c2c(cc3c1OCC3)OCC2. The molecule has 0 unspecified atom stereocenters. The minimum atomic E-state index is 0.0316. The molecule has 1 amide bonds. The summed E-state index contributed by atoms with van der Waals surface area (Å²) in [5, 5.41) is 2.93. The zero-order valence-electron chi connectivity index (χ0n) is 12.4. The van der Waals surface area contributed by atoms with Crippen LogP contribution >= 0.6 is 0 Å². The molecule has 2 aliphatic rings. The largest absolute Gasteiger partial charge is 0.493 e. The highest BCUT2D eigenvalue weighted by Crippen LogP contribution is 2.40. The first-order valence-electron chi connectivity index (χ1n) is 7.48. The molecule has 1 N–H and O–H groups in total. The van der Waals surface area contributed by atoms with E-state index in [1.807, 2.05) is 0 Å². The second kappa shape index (κ2) is 6.35. The van der Waals surface area contributed by atoms with Crippen molar-refractivity contribution in [2.45, 2.75) is 25.7 Å². The Morgan fingerprint density at radius 2 is 2.19 bits per heavy atom. The van der Waals surface area contributed by atoms with Gasteiger partial charge in [0.1, 0.15) is 11.5 Å². The molecule has 0 aliphatic carbocycles. The smallest absolute Gasteiger partial charge is 0.224 e. The van der Waals surface area contributed by atoms with Gasteiger partial charge in [-0.05, 0) is 12.5 Å². The molecule has 0 aromatic heterocycles. The van der Waals surface area contributed by atoms with Gasteiger partial charge < -0.3 is 19.5 Å². The monoisotopic (exact) mass is 291 g/mol. The van der Waals surface area contributed by atoms with Crippen molar-refractivity contribution in [2.75, 3.05) is 33.5 Å². The maximum absolute atomic E-state index is 12.1. The van der Waals surface area contributed by atoms with Crippen molar-refractivity contribution in [2.24, 2.45) is 0 Å². The van der Waals surface area contributed by atoms with Gasteiger partial charge in [0.2, 0.25) is 5.91 Å². The fourth-order valence-electron chi connectivity index (χ4n) is 2.94. The summed E-state index contributed by atoms with van der Waals surface area (Å²) < 4.78 is 16.4. The van der Waals surface area contributed by atoms with E-state index in [1.54, 1.807) is 7.11 Å². The van der Waals surface area contributed by atoms with Gasteiger partial charge in [-0.25, -0.2) is 0 Å². The first-order chi connectivity index (χ1) is 10.3. The van der Waals surface area contributed by atoms with Crippen LogP contribution in [0.2, 0.25) is 0 Å². The number of carbonyl (C=O) groups is 1. The molecule has 1 aromatic carbocycles. The van der Waals surface area contributed by atoms with E-state index in [1.165, 1.54) is 0 Å². The second-order valence-electron chi connectivity index (χ2n) is 5.39. The van der Waals surface area contributed by atoms with Gasteiger partial charge in [0.15, 0.2) is 0 Å². The molecule has 0 fully saturated rings. The van der Waals surface area contributed by atoms with Gasteiger partial charge in [-0.2, -0.15) is 0 Å². The summed E-state index contributed by atoms with van der Waals surface area (Å²) in [5.41, 5.74) is 3.32. The molecule has 0 radical (unpaired) electrons. The number of hydrogen-bond donors (Lipinski definition) is 1. The lowest BCUT2D eigenvalue weighted by Crippen LogP contribution is -2.27. The van der Waals surface area contributed by atoms with Gasteiger partial charge in [-0.1, -0.05) is 0 Å². The van der Waals surface area contributed by atoms with Gasteiger partial charge in [0.25, 0.3) is 0 Å². The van der Waals surface area contributed by atoms with E-state index in [9.17, 15) is 4.79 Å². The average Bonchev–Trinajstić information content (AvgIpc) is 3.11. The van der Waals surface area contributed by atoms with Crippen molar-refractivity contribution in [1.29, 1.82) is 0 Å². The molecule has 21 heavy (non-hydrogen) atoms. The van der Waals surface area contributed by atoms with Crippen LogP contribution in [0.3, 0.4) is 0 Å². The van der Waals surface area contributed by atoms with Gasteiger partial charge in [-0.3, -0.25) is 4.79 Å². The first kappa shape index (κ1) is 14.2. The minimum absolute atomic E-state index is 0.0316. The lowest BCUT2D eigenvalue weighted by Gasteiger charge is -2.13. The summed E-state index contributed by atoms with van der Waals surface area (Å²) in [6.07, 6.45) is 2.95. The Morgan fingerprint density at radius 3 is 3.05 bits per heavy atom. The lowest BCUT2D eigenvalue weighted by molar-refractivity contribution is -0.120. The third-order valence-electron chi connectivity index (χ3n) is 3.94. The first-order valence-corrected chi connectivity index (χ1v) is 7.48. The number of rotatable bonds is 6. The predicted octanol–water partition coefficient (Wildman–Crippen LogP) is 1.25. The molecule has 5 heteroatoms. The molecule has 0 saturated carbocycles. The minimum Gasteiger partial charge on any atom is -0.493 e. The van der Waals surface area contributed by atoms with Crippen LogP contribution in [0.1, 0.15) is 23.1 Å². The van der Waals surface area contributed by atoms with Gasteiger partial charge in [0.05, 0.1) is 19.6 Å². The van der Waals surface area contributed by atoms with Crippen LogP contribution in [0.5, 0.6) is 11.5 Å². The lowest BCUT2D eigenvalue weighted by atomic mass is 9.97. The van der Waals surface area contributed by atoms with Crippen LogP contribution in [-0.4, -0.2) is 39.4 Å². The molecule has 114 valence electrons. The molecule has 1 aromatic rings. The quantitative estimate of drug-likeness (QED) is 0.802. The van der Waals surface area contributed by atoms with E-state index >= 15 is 0 Å². The Hall–Kier alpha value is -1.75. The number of ether oxygens (including phenoxy) is 3. The Balaban J connectivity index is 1.72. The van der Waals surface area contributed by atoms with Crippen LogP contribution in [-0.2, 0) is 28.8 Å². The zero-order chi connectivity index (χ0) is 14.7. The maximum atomic E-state index is 12.1. The van der Waals surface area contributed by atoms with Gasteiger partial charge >= 0.3 is 0 Å². The number of amides is 1. The van der Waals surface area contributed by atoms with Gasteiger partial charge in [0, 0.05) is 49.8 Å². The molecule has 0 atom stereocenters. The van der Waals surface area contributed by atoms with Crippen molar-refractivity contribution in [3.05, 3.63) is 22.8 Å². The number of hydrogen-bond acceptors (Lipinski definition) is 4. The third-order valence-corrected chi connectivity index (χ3v) is 3.94. The number of fused-ring (bicyclic) bond motifs is 2. The Bertz CT molecular complexity index is 509. The third kappa shape index (κ3) is 2.97. The highest BCUT2D eigenvalue weighted by atomic mass is 16.5. The van der Waals surface area contributed by atoms with Crippen molar-refractivity contribution in [3.8, 4) is 11.5 Å². The van der Waals surface area contributed by atoms with E-state index in [-0.39, 0.29) is 5.91 Å².